The molecule has 3 aromatic heterocycles. The average Bonchev–Trinajstić information content (AvgIpc) is 3.08. The van der Waals surface area contributed by atoms with Gasteiger partial charge in [0.25, 0.3) is 5.56 Å². The molecule has 0 amide bonds. The van der Waals surface area contributed by atoms with E-state index >= 15 is 0 Å². The van der Waals surface area contributed by atoms with E-state index in [9.17, 15) is 14.8 Å². The summed E-state index contributed by atoms with van der Waals surface area (Å²) in [6, 6.07) is 15.3. The second kappa shape index (κ2) is 8.36. The van der Waals surface area contributed by atoms with Crippen LogP contribution >= 0.6 is 0 Å². The number of aromatic nitrogens is 5. The van der Waals surface area contributed by atoms with Crippen molar-refractivity contribution in [1.29, 1.82) is 0 Å². The first-order valence-electron chi connectivity index (χ1n) is 9.98. The van der Waals surface area contributed by atoms with Crippen molar-refractivity contribution in [1.82, 2.24) is 23.8 Å². The summed E-state index contributed by atoms with van der Waals surface area (Å²) in [5.41, 5.74) is 1.05. The second-order valence-electron chi connectivity index (χ2n) is 7.14. The molecule has 0 atom stereocenters. The summed E-state index contributed by atoms with van der Waals surface area (Å²) in [7, 11) is 0. The number of fused-ring (bicyclic) bond motifs is 1. The lowest BCUT2D eigenvalue weighted by Crippen LogP contribution is -2.40. The zero-order valence-corrected chi connectivity index (χ0v) is 16.7. The number of benzene rings is 1. The minimum Gasteiger partial charge on any atom is -0.426 e. The van der Waals surface area contributed by atoms with Gasteiger partial charge in [0.05, 0.1) is 6.42 Å². The molecule has 0 aliphatic heterocycles. The predicted molar refractivity (Wildman–Crippen MR) is 113 cm³/mol. The number of nitrogens with zero attached hydrogens (tertiary/aromatic N) is 5. The molecule has 0 aliphatic carbocycles. The van der Waals surface area contributed by atoms with Crippen molar-refractivity contribution in [2.24, 2.45) is 0 Å². The number of hydrogen-bond donors (Lipinski definition) is 1. The largest absolute Gasteiger partial charge is 0.426 e. The first-order valence-corrected chi connectivity index (χ1v) is 9.98. The number of aryl methyl sites for hydroxylation is 2. The quantitative estimate of drug-likeness (QED) is 0.476. The summed E-state index contributed by atoms with van der Waals surface area (Å²) in [5, 5.41) is 10.7. The van der Waals surface area contributed by atoms with Gasteiger partial charge in [-0.05, 0) is 30.5 Å². The molecule has 0 saturated heterocycles. The van der Waals surface area contributed by atoms with Gasteiger partial charge in [-0.3, -0.25) is 18.9 Å². The molecular formula is C22H23N5O3. The number of rotatable bonds is 7. The van der Waals surface area contributed by atoms with Gasteiger partial charge in [0, 0.05) is 25.0 Å². The van der Waals surface area contributed by atoms with Gasteiger partial charge in [0.2, 0.25) is 0 Å². The fourth-order valence-corrected chi connectivity index (χ4v) is 3.56. The van der Waals surface area contributed by atoms with E-state index in [1.807, 2.05) is 49.4 Å². The maximum Gasteiger partial charge on any atom is 0.332 e. The lowest BCUT2D eigenvalue weighted by Gasteiger charge is -2.11. The van der Waals surface area contributed by atoms with Crippen LogP contribution in [-0.2, 0) is 25.9 Å². The zero-order chi connectivity index (χ0) is 21.1. The molecule has 4 rings (SSSR count). The third-order valence-corrected chi connectivity index (χ3v) is 5.05. The van der Waals surface area contributed by atoms with Crippen LogP contribution in [0.5, 0.6) is 0 Å². The van der Waals surface area contributed by atoms with Crippen molar-refractivity contribution in [3.8, 4) is 0 Å². The Bertz CT molecular complexity index is 1270. The highest BCUT2D eigenvalue weighted by atomic mass is 16.5. The topological polar surface area (TPSA) is 94.9 Å². The van der Waals surface area contributed by atoms with E-state index in [1.165, 1.54) is 9.13 Å². The van der Waals surface area contributed by atoms with Gasteiger partial charge in [0.1, 0.15) is 0 Å². The SMILES string of the molecule is CCCn1c(=O)c2c(nc(Cc3ccccn3)n2O)n(CCc2ccccc2)c1=O. The smallest absolute Gasteiger partial charge is 0.332 e. The van der Waals surface area contributed by atoms with Gasteiger partial charge < -0.3 is 5.21 Å². The Morgan fingerprint density at radius 3 is 2.43 bits per heavy atom. The van der Waals surface area contributed by atoms with Crippen molar-refractivity contribution < 1.29 is 5.21 Å². The van der Waals surface area contributed by atoms with Gasteiger partial charge >= 0.3 is 5.69 Å². The molecule has 0 unspecified atom stereocenters. The zero-order valence-electron chi connectivity index (χ0n) is 16.7. The van der Waals surface area contributed by atoms with Crippen LogP contribution in [0, 0.1) is 0 Å². The molecule has 1 N–H and O–H groups in total. The summed E-state index contributed by atoms with van der Waals surface area (Å²) in [4.78, 5) is 34.8. The second-order valence-corrected chi connectivity index (χ2v) is 7.14. The van der Waals surface area contributed by atoms with Crippen molar-refractivity contribution in [2.75, 3.05) is 0 Å². The third kappa shape index (κ3) is 3.63. The molecule has 0 bridgehead atoms. The van der Waals surface area contributed by atoms with E-state index in [0.717, 1.165) is 10.3 Å². The van der Waals surface area contributed by atoms with Gasteiger partial charge in [-0.25, -0.2) is 9.78 Å². The van der Waals surface area contributed by atoms with E-state index in [2.05, 4.69) is 9.97 Å². The highest BCUT2D eigenvalue weighted by molar-refractivity contribution is 5.70. The lowest BCUT2D eigenvalue weighted by atomic mass is 10.1. The molecule has 0 spiro atoms. The Labute approximate surface area is 172 Å². The normalized spacial score (nSPS) is 11.2. The molecule has 0 aliphatic rings. The molecule has 4 aromatic rings. The first-order chi connectivity index (χ1) is 14.6. The van der Waals surface area contributed by atoms with Crippen LogP contribution in [0.4, 0.5) is 0 Å². The maximum atomic E-state index is 13.1. The van der Waals surface area contributed by atoms with Crippen molar-refractivity contribution in [3.05, 3.63) is 92.6 Å². The van der Waals surface area contributed by atoms with Crippen LogP contribution in [0.2, 0.25) is 0 Å². The van der Waals surface area contributed by atoms with E-state index in [4.69, 9.17) is 0 Å². The minimum atomic E-state index is -0.532. The highest BCUT2D eigenvalue weighted by Gasteiger charge is 2.21. The molecular weight excluding hydrogens is 382 g/mol. The fourth-order valence-electron chi connectivity index (χ4n) is 3.56. The molecule has 8 nitrogen and oxygen atoms in total. The third-order valence-electron chi connectivity index (χ3n) is 5.05. The Hall–Kier alpha value is -3.68. The molecule has 30 heavy (non-hydrogen) atoms. The summed E-state index contributed by atoms with van der Waals surface area (Å²) in [6.45, 7) is 2.52. The molecule has 0 radical (unpaired) electrons. The van der Waals surface area contributed by atoms with Crippen molar-refractivity contribution >= 4 is 11.2 Å². The average molecular weight is 405 g/mol. The van der Waals surface area contributed by atoms with Crippen LogP contribution in [0.25, 0.3) is 11.2 Å². The molecule has 8 heteroatoms. The summed E-state index contributed by atoms with van der Waals surface area (Å²) in [5.74, 6) is 0.267. The van der Waals surface area contributed by atoms with Gasteiger partial charge in [0.15, 0.2) is 17.0 Å². The van der Waals surface area contributed by atoms with Gasteiger partial charge in [-0.15, -0.1) is 0 Å². The predicted octanol–water partition coefficient (Wildman–Crippen LogP) is 2.24. The Kier molecular flexibility index (Phi) is 5.47. The Balaban J connectivity index is 1.84. The van der Waals surface area contributed by atoms with E-state index in [1.54, 1.807) is 12.3 Å². The van der Waals surface area contributed by atoms with Crippen molar-refractivity contribution in [3.63, 3.8) is 0 Å². The standard InChI is InChI=1S/C22H23N5O3/c1-2-13-26-21(28)19-20(24-18(27(19)30)15-17-10-6-7-12-23-17)25(22(26)29)14-11-16-8-4-3-5-9-16/h3-10,12,30H,2,11,13-15H2,1H3. The monoisotopic (exact) mass is 405 g/mol. The maximum absolute atomic E-state index is 13.1. The van der Waals surface area contributed by atoms with Crippen molar-refractivity contribution in [2.45, 2.75) is 39.3 Å². The van der Waals surface area contributed by atoms with Crippen LogP contribution in [-0.4, -0.2) is 29.0 Å². The van der Waals surface area contributed by atoms with Crippen LogP contribution in [0.1, 0.15) is 30.4 Å². The number of hydrogen-bond acceptors (Lipinski definition) is 5. The van der Waals surface area contributed by atoms with Crippen LogP contribution in [0.15, 0.2) is 64.3 Å². The molecule has 1 aromatic carbocycles. The van der Waals surface area contributed by atoms with Gasteiger partial charge in [-0.2, -0.15) is 4.73 Å². The highest BCUT2D eigenvalue weighted by Crippen LogP contribution is 2.14. The Morgan fingerprint density at radius 2 is 1.73 bits per heavy atom. The summed E-state index contributed by atoms with van der Waals surface area (Å²) < 4.78 is 3.46. The Morgan fingerprint density at radius 1 is 0.967 bits per heavy atom. The fraction of sp³-hybridized carbons (Fsp3) is 0.273. The number of imidazole rings is 1. The minimum absolute atomic E-state index is 0.0158. The summed E-state index contributed by atoms with van der Waals surface area (Å²) in [6.07, 6.45) is 3.13. The molecule has 3 heterocycles. The van der Waals surface area contributed by atoms with E-state index in [0.29, 0.717) is 25.1 Å². The van der Waals surface area contributed by atoms with Crippen LogP contribution in [0.3, 0.4) is 0 Å². The lowest BCUT2D eigenvalue weighted by molar-refractivity contribution is 0.188. The van der Waals surface area contributed by atoms with E-state index < -0.39 is 11.2 Å². The van der Waals surface area contributed by atoms with E-state index in [-0.39, 0.29) is 30.0 Å². The van der Waals surface area contributed by atoms with Gasteiger partial charge in [-0.1, -0.05) is 43.3 Å². The first kappa shape index (κ1) is 19.6. The summed E-state index contributed by atoms with van der Waals surface area (Å²) >= 11 is 0. The molecule has 0 fully saturated rings. The molecule has 0 saturated carbocycles. The van der Waals surface area contributed by atoms with Crippen LogP contribution < -0.4 is 11.2 Å². The molecule has 154 valence electrons. The number of pyridine rings is 1.